The molecule has 1 atom stereocenters. The molecular weight excluding hydrogens is 192 g/mol. The molecule has 0 aromatic carbocycles. The SMILES string of the molecule is Cn1ccnc1C(=O)CCC1CCCO1. The third kappa shape index (κ3) is 2.45. The molecule has 0 radical (unpaired) electrons. The van der Waals surface area contributed by atoms with E-state index in [0.717, 1.165) is 25.9 Å². The first-order valence-electron chi connectivity index (χ1n) is 5.39. The Labute approximate surface area is 89.3 Å². The van der Waals surface area contributed by atoms with Gasteiger partial charge in [0.1, 0.15) is 0 Å². The monoisotopic (exact) mass is 208 g/mol. The summed E-state index contributed by atoms with van der Waals surface area (Å²) in [4.78, 5) is 15.8. The highest BCUT2D eigenvalue weighted by Crippen LogP contribution is 2.17. The van der Waals surface area contributed by atoms with Gasteiger partial charge in [-0.3, -0.25) is 4.79 Å². The van der Waals surface area contributed by atoms with Crippen LogP contribution in [0.2, 0.25) is 0 Å². The molecule has 2 rings (SSSR count). The molecule has 1 aromatic heterocycles. The molecule has 1 aliphatic rings. The number of Topliss-reactive ketones (excluding diaryl/α,β-unsaturated/α-hetero) is 1. The van der Waals surface area contributed by atoms with Crippen molar-refractivity contribution in [1.82, 2.24) is 9.55 Å². The van der Waals surface area contributed by atoms with Crippen LogP contribution in [0.1, 0.15) is 36.3 Å². The van der Waals surface area contributed by atoms with Gasteiger partial charge in [-0.25, -0.2) is 4.98 Å². The molecule has 0 spiro atoms. The molecule has 4 heteroatoms. The summed E-state index contributed by atoms with van der Waals surface area (Å²) in [6.07, 6.45) is 7.31. The Kier molecular flexibility index (Phi) is 3.16. The highest BCUT2D eigenvalue weighted by atomic mass is 16.5. The fourth-order valence-corrected chi connectivity index (χ4v) is 1.91. The highest BCUT2D eigenvalue weighted by molar-refractivity contribution is 5.92. The van der Waals surface area contributed by atoms with Crippen LogP contribution in [0.3, 0.4) is 0 Å². The van der Waals surface area contributed by atoms with E-state index in [4.69, 9.17) is 4.74 Å². The number of ether oxygens (including phenoxy) is 1. The molecule has 2 heterocycles. The lowest BCUT2D eigenvalue weighted by Gasteiger charge is -2.07. The van der Waals surface area contributed by atoms with Crippen LogP contribution in [0.5, 0.6) is 0 Å². The van der Waals surface area contributed by atoms with Gasteiger partial charge in [0.2, 0.25) is 0 Å². The van der Waals surface area contributed by atoms with E-state index in [2.05, 4.69) is 4.98 Å². The van der Waals surface area contributed by atoms with Crippen molar-refractivity contribution in [3.63, 3.8) is 0 Å². The molecule has 1 saturated heterocycles. The van der Waals surface area contributed by atoms with Crippen LogP contribution in [-0.2, 0) is 11.8 Å². The molecule has 15 heavy (non-hydrogen) atoms. The summed E-state index contributed by atoms with van der Waals surface area (Å²) in [5.41, 5.74) is 0. The molecule has 4 nitrogen and oxygen atoms in total. The van der Waals surface area contributed by atoms with Crippen molar-refractivity contribution in [3.8, 4) is 0 Å². The number of aryl methyl sites for hydroxylation is 1. The lowest BCUT2D eigenvalue weighted by atomic mass is 10.1. The molecule has 1 unspecified atom stereocenters. The predicted molar refractivity (Wildman–Crippen MR) is 55.7 cm³/mol. The number of rotatable bonds is 4. The van der Waals surface area contributed by atoms with E-state index in [1.807, 2.05) is 7.05 Å². The fourth-order valence-electron chi connectivity index (χ4n) is 1.91. The van der Waals surface area contributed by atoms with E-state index in [1.165, 1.54) is 0 Å². The topological polar surface area (TPSA) is 44.1 Å². The average molecular weight is 208 g/mol. The van der Waals surface area contributed by atoms with Crippen molar-refractivity contribution in [2.75, 3.05) is 6.61 Å². The quantitative estimate of drug-likeness (QED) is 0.705. The van der Waals surface area contributed by atoms with E-state index < -0.39 is 0 Å². The smallest absolute Gasteiger partial charge is 0.198 e. The Balaban J connectivity index is 1.84. The summed E-state index contributed by atoms with van der Waals surface area (Å²) in [6, 6.07) is 0. The van der Waals surface area contributed by atoms with Crippen LogP contribution in [-0.4, -0.2) is 28.0 Å². The van der Waals surface area contributed by atoms with Gasteiger partial charge >= 0.3 is 0 Å². The third-order valence-electron chi connectivity index (χ3n) is 2.79. The van der Waals surface area contributed by atoms with Crippen molar-refractivity contribution >= 4 is 5.78 Å². The number of hydrogen-bond acceptors (Lipinski definition) is 3. The lowest BCUT2D eigenvalue weighted by molar-refractivity contribution is 0.0850. The van der Waals surface area contributed by atoms with Gasteiger partial charge in [0.15, 0.2) is 11.6 Å². The van der Waals surface area contributed by atoms with Gasteiger partial charge in [-0.05, 0) is 19.3 Å². The molecule has 0 amide bonds. The second-order valence-electron chi connectivity index (χ2n) is 3.96. The summed E-state index contributed by atoms with van der Waals surface area (Å²) >= 11 is 0. The maximum Gasteiger partial charge on any atom is 0.198 e. The number of nitrogens with zero attached hydrogens (tertiary/aromatic N) is 2. The number of hydrogen-bond donors (Lipinski definition) is 0. The van der Waals surface area contributed by atoms with E-state index >= 15 is 0 Å². The molecule has 1 aromatic rings. The Morgan fingerprint density at radius 3 is 3.20 bits per heavy atom. The first-order valence-corrected chi connectivity index (χ1v) is 5.39. The molecule has 82 valence electrons. The summed E-state index contributed by atoms with van der Waals surface area (Å²) in [5.74, 6) is 0.658. The first kappa shape index (κ1) is 10.4. The third-order valence-corrected chi connectivity index (χ3v) is 2.79. The fraction of sp³-hybridized carbons (Fsp3) is 0.636. The molecule has 0 N–H and O–H groups in total. The number of carbonyl (C=O) groups excluding carboxylic acids is 1. The van der Waals surface area contributed by atoms with Gasteiger partial charge in [0, 0.05) is 32.5 Å². The minimum atomic E-state index is 0.109. The average Bonchev–Trinajstić information content (AvgIpc) is 2.84. The number of imidazole rings is 1. The second-order valence-corrected chi connectivity index (χ2v) is 3.96. The molecule has 0 aliphatic carbocycles. The Bertz CT molecular complexity index is 340. The van der Waals surface area contributed by atoms with E-state index in [9.17, 15) is 4.79 Å². The van der Waals surface area contributed by atoms with Crippen LogP contribution in [0.25, 0.3) is 0 Å². The minimum Gasteiger partial charge on any atom is -0.378 e. The van der Waals surface area contributed by atoms with Crippen molar-refractivity contribution in [2.45, 2.75) is 31.8 Å². The zero-order valence-electron chi connectivity index (χ0n) is 8.98. The van der Waals surface area contributed by atoms with Crippen molar-refractivity contribution in [1.29, 1.82) is 0 Å². The summed E-state index contributed by atoms with van der Waals surface area (Å²) in [7, 11) is 1.84. The maximum atomic E-state index is 11.7. The van der Waals surface area contributed by atoms with Crippen molar-refractivity contribution in [3.05, 3.63) is 18.2 Å². The van der Waals surface area contributed by atoms with Gasteiger partial charge in [-0.2, -0.15) is 0 Å². The Hall–Kier alpha value is -1.16. The zero-order valence-corrected chi connectivity index (χ0v) is 8.98. The second kappa shape index (κ2) is 4.57. The van der Waals surface area contributed by atoms with Crippen LogP contribution in [0.15, 0.2) is 12.4 Å². The standard InChI is InChI=1S/C11H16N2O2/c1-13-7-6-12-11(13)10(14)5-4-9-3-2-8-15-9/h6-7,9H,2-5,8H2,1H3. The van der Waals surface area contributed by atoms with Crippen LogP contribution < -0.4 is 0 Å². The van der Waals surface area contributed by atoms with E-state index in [0.29, 0.717) is 12.2 Å². The Morgan fingerprint density at radius 1 is 1.73 bits per heavy atom. The van der Waals surface area contributed by atoms with Crippen molar-refractivity contribution in [2.24, 2.45) is 7.05 Å². The van der Waals surface area contributed by atoms with E-state index in [1.54, 1.807) is 17.0 Å². The van der Waals surface area contributed by atoms with Gasteiger partial charge in [-0.15, -0.1) is 0 Å². The highest BCUT2D eigenvalue weighted by Gasteiger charge is 2.18. The molecule has 0 bridgehead atoms. The number of aromatic nitrogens is 2. The summed E-state index contributed by atoms with van der Waals surface area (Å²) in [5, 5.41) is 0. The van der Waals surface area contributed by atoms with Crippen LogP contribution in [0, 0.1) is 0 Å². The van der Waals surface area contributed by atoms with Crippen LogP contribution >= 0.6 is 0 Å². The maximum absolute atomic E-state index is 11.7. The first-order chi connectivity index (χ1) is 7.27. The van der Waals surface area contributed by atoms with Crippen molar-refractivity contribution < 1.29 is 9.53 Å². The Morgan fingerprint density at radius 2 is 2.60 bits per heavy atom. The molecule has 1 fully saturated rings. The van der Waals surface area contributed by atoms with Crippen LogP contribution in [0.4, 0.5) is 0 Å². The zero-order chi connectivity index (χ0) is 10.7. The molecule has 1 aliphatic heterocycles. The molecule has 0 saturated carbocycles. The van der Waals surface area contributed by atoms with Gasteiger partial charge in [0.05, 0.1) is 6.10 Å². The number of carbonyl (C=O) groups is 1. The van der Waals surface area contributed by atoms with Gasteiger partial charge in [-0.1, -0.05) is 0 Å². The predicted octanol–water partition coefficient (Wildman–Crippen LogP) is 1.56. The number of ketones is 1. The molecular formula is C11H16N2O2. The van der Waals surface area contributed by atoms with Gasteiger partial charge < -0.3 is 9.30 Å². The lowest BCUT2D eigenvalue weighted by Crippen LogP contribution is -2.12. The summed E-state index contributed by atoms with van der Waals surface area (Å²) in [6.45, 7) is 0.848. The summed E-state index contributed by atoms with van der Waals surface area (Å²) < 4.78 is 7.23. The van der Waals surface area contributed by atoms with Gasteiger partial charge in [0.25, 0.3) is 0 Å². The minimum absolute atomic E-state index is 0.109. The normalized spacial score (nSPS) is 20.7. The van der Waals surface area contributed by atoms with E-state index in [-0.39, 0.29) is 11.9 Å². The largest absolute Gasteiger partial charge is 0.378 e.